The summed E-state index contributed by atoms with van der Waals surface area (Å²) in [6, 6.07) is 13.4. The molecular formula is C48H52N2O10. The molecule has 0 aliphatic carbocycles. The third kappa shape index (κ3) is 6.99. The van der Waals surface area contributed by atoms with Crippen molar-refractivity contribution in [3.8, 4) is 79.4 Å². The predicted molar refractivity (Wildman–Crippen MR) is 233 cm³/mol. The second-order valence-electron chi connectivity index (χ2n) is 16.3. The highest BCUT2D eigenvalue weighted by Crippen LogP contribution is 2.56. The van der Waals surface area contributed by atoms with Gasteiger partial charge in [0.05, 0.1) is 25.0 Å². The van der Waals surface area contributed by atoms with Gasteiger partial charge >= 0.3 is 0 Å². The van der Waals surface area contributed by atoms with Gasteiger partial charge in [0.25, 0.3) is 5.97 Å². The summed E-state index contributed by atoms with van der Waals surface area (Å²) < 4.78 is 11.8. The fourth-order valence-electron chi connectivity index (χ4n) is 9.60. The van der Waals surface area contributed by atoms with E-state index in [1.54, 1.807) is 12.1 Å². The first-order chi connectivity index (χ1) is 28.4. The number of nitrogens with one attached hydrogen (secondary N) is 2. The van der Waals surface area contributed by atoms with Crippen LogP contribution in [0.2, 0.25) is 0 Å². The lowest BCUT2D eigenvalue weighted by atomic mass is 9.80. The molecule has 0 bridgehead atoms. The monoisotopic (exact) mass is 816 g/mol. The van der Waals surface area contributed by atoms with Crippen LogP contribution in [0.1, 0.15) is 80.1 Å². The van der Waals surface area contributed by atoms with Gasteiger partial charge in [0, 0.05) is 76.6 Å². The van der Waals surface area contributed by atoms with Gasteiger partial charge in [0.1, 0.15) is 46.0 Å². The van der Waals surface area contributed by atoms with Gasteiger partial charge in [0.15, 0.2) is 0 Å². The molecule has 0 saturated carbocycles. The molecule has 8 rings (SSSR count). The highest BCUT2D eigenvalue weighted by atomic mass is 16.5. The summed E-state index contributed by atoms with van der Waals surface area (Å²) in [5, 5.41) is 87.1. The molecule has 6 aromatic rings. The number of methoxy groups -OCH3 is 2. The average Bonchev–Trinajstić information content (AvgIpc) is 3.14. The Hall–Kier alpha value is -6.37. The SMILES string of the molecule is CC(=O)O.COc1cc(C)cc2c(-c3c(O)cc(O)c4c3C[C@H](C)N[C@@H]4C)cc(-c3cc(-c4c(O)cc(O)c5c4C[C@H](C)N[C@@H]5C)c4cc(C)cc(OC)c4c3O)c(O)c12. The first-order valence-corrected chi connectivity index (χ1v) is 19.9. The van der Waals surface area contributed by atoms with Crippen molar-refractivity contribution in [1.29, 1.82) is 0 Å². The standard InChI is InChI=1S/C46H48N2O8.C2H4O2/c1-19-9-25-27(41-31-13-21(3)47-23(5)39(31)33(49)17-35(41)51)15-29(45(53)43(25)37(11-19)55-7)30-16-28(26-10-20(2)12-38(56-8)44(26)46(30)54)42-32-14-22(4)48-24(6)40(32)34(50)18-36(42)52;1-2(3)4/h9-12,15-18,21-24,47-54H,13-14H2,1-8H3;1H3,(H,3,4)/t21-,22-,23+,24+;/m0./s1. The van der Waals surface area contributed by atoms with Crippen molar-refractivity contribution in [1.82, 2.24) is 10.6 Å². The maximum absolute atomic E-state index is 12.5. The van der Waals surface area contributed by atoms with Gasteiger partial charge in [-0.05, 0) is 123 Å². The van der Waals surface area contributed by atoms with Gasteiger partial charge in [-0.25, -0.2) is 0 Å². The molecule has 2 aliphatic heterocycles. The number of fused-ring (bicyclic) bond motifs is 4. The van der Waals surface area contributed by atoms with Gasteiger partial charge in [-0.3, -0.25) is 4.79 Å². The molecule has 0 spiro atoms. The van der Waals surface area contributed by atoms with Gasteiger partial charge in [-0.15, -0.1) is 0 Å². The number of hydrogen-bond acceptors (Lipinski definition) is 11. The van der Waals surface area contributed by atoms with E-state index in [0.717, 1.165) is 29.2 Å². The van der Waals surface area contributed by atoms with E-state index in [1.165, 1.54) is 26.4 Å². The predicted octanol–water partition coefficient (Wildman–Crippen LogP) is 9.14. The van der Waals surface area contributed by atoms with Crippen molar-refractivity contribution in [2.24, 2.45) is 0 Å². The normalized spacial score (nSPS) is 18.4. The molecule has 0 radical (unpaired) electrons. The molecule has 0 amide bonds. The molecular weight excluding hydrogens is 765 g/mol. The number of carboxylic acid groups (broad SMARTS) is 1. The molecule has 9 N–H and O–H groups in total. The first kappa shape index (κ1) is 41.8. The zero-order valence-electron chi connectivity index (χ0n) is 35.2. The molecule has 314 valence electrons. The lowest BCUT2D eigenvalue weighted by molar-refractivity contribution is -0.134. The van der Waals surface area contributed by atoms with E-state index in [4.69, 9.17) is 19.4 Å². The van der Waals surface area contributed by atoms with Crippen molar-refractivity contribution in [2.45, 2.75) is 85.5 Å². The van der Waals surface area contributed by atoms with Crippen LogP contribution < -0.4 is 20.1 Å². The Labute approximate surface area is 348 Å². The number of ether oxygens (including phenoxy) is 2. The van der Waals surface area contributed by atoms with E-state index in [2.05, 4.69) is 24.5 Å². The van der Waals surface area contributed by atoms with Crippen LogP contribution in [0.25, 0.3) is 54.9 Å². The Kier molecular flexibility index (Phi) is 10.9. The van der Waals surface area contributed by atoms with E-state index in [0.29, 0.717) is 79.3 Å². The Morgan fingerprint density at radius 1 is 0.567 bits per heavy atom. The minimum Gasteiger partial charge on any atom is -0.507 e. The molecule has 0 aromatic heterocycles. The smallest absolute Gasteiger partial charge is 0.300 e. The zero-order chi connectivity index (χ0) is 43.6. The summed E-state index contributed by atoms with van der Waals surface area (Å²) in [4.78, 5) is 9.00. The number of phenolic OH excluding ortho intramolecular Hbond substituents is 6. The van der Waals surface area contributed by atoms with Crippen molar-refractivity contribution < 1.29 is 50.0 Å². The number of aromatic hydroxyl groups is 6. The fourth-order valence-corrected chi connectivity index (χ4v) is 9.60. The summed E-state index contributed by atoms with van der Waals surface area (Å²) >= 11 is 0. The summed E-state index contributed by atoms with van der Waals surface area (Å²) in [7, 11) is 3.06. The lowest BCUT2D eigenvalue weighted by Crippen LogP contribution is -2.36. The maximum Gasteiger partial charge on any atom is 0.300 e. The van der Waals surface area contributed by atoms with Gasteiger partial charge in [-0.2, -0.15) is 0 Å². The van der Waals surface area contributed by atoms with Crippen LogP contribution >= 0.6 is 0 Å². The molecule has 6 aromatic carbocycles. The highest BCUT2D eigenvalue weighted by molar-refractivity contribution is 6.13. The first-order valence-electron chi connectivity index (χ1n) is 19.9. The number of benzene rings is 6. The molecule has 0 unspecified atom stereocenters. The van der Waals surface area contributed by atoms with Gasteiger partial charge < -0.3 is 55.9 Å². The minimum absolute atomic E-state index is 0.0136. The molecule has 2 heterocycles. The number of carboxylic acids is 1. The summed E-state index contributed by atoms with van der Waals surface area (Å²) in [5.74, 6) is -0.646. The van der Waals surface area contributed by atoms with Crippen molar-refractivity contribution in [3.05, 3.63) is 81.9 Å². The Morgan fingerprint density at radius 2 is 0.917 bits per heavy atom. The number of rotatable bonds is 5. The fraction of sp³-hybridized carbons (Fsp3) is 0.312. The highest BCUT2D eigenvalue weighted by Gasteiger charge is 2.33. The Morgan fingerprint density at radius 3 is 1.25 bits per heavy atom. The lowest BCUT2D eigenvalue weighted by Gasteiger charge is -2.32. The van der Waals surface area contributed by atoms with Crippen LogP contribution in [0.3, 0.4) is 0 Å². The minimum atomic E-state index is -0.833. The van der Waals surface area contributed by atoms with Crippen LogP contribution in [-0.4, -0.2) is 68.0 Å². The molecule has 0 fully saturated rings. The van der Waals surface area contributed by atoms with Crippen molar-refractivity contribution in [3.63, 3.8) is 0 Å². The summed E-state index contributed by atoms with van der Waals surface area (Å²) in [6.45, 7) is 13.0. The van der Waals surface area contributed by atoms with Crippen LogP contribution in [0.5, 0.6) is 46.0 Å². The molecule has 12 nitrogen and oxygen atoms in total. The van der Waals surface area contributed by atoms with Crippen LogP contribution in [-0.2, 0) is 17.6 Å². The molecule has 60 heavy (non-hydrogen) atoms. The van der Waals surface area contributed by atoms with Crippen LogP contribution in [0.4, 0.5) is 0 Å². The number of phenols is 6. The molecule has 2 aliphatic rings. The van der Waals surface area contributed by atoms with E-state index >= 15 is 0 Å². The second-order valence-corrected chi connectivity index (χ2v) is 16.3. The average molecular weight is 817 g/mol. The molecule has 4 atom stereocenters. The van der Waals surface area contributed by atoms with E-state index in [1.807, 2.05) is 52.0 Å². The van der Waals surface area contributed by atoms with Gasteiger partial charge in [-0.1, -0.05) is 12.1 Å². The summed E-state index contributed by atoms with van der Waals surface area (Å²) in [6.07, 6.45) is 1.02. The van der Waals surface area contributed by atoms with E-state index in [9.17, 15) is 30.6 Å². The Bertz CT molecular complexity index is 2560. The van der Waals surface area contributed by atoms with Crippen molar-refractivity contribution in [2.75, 3.05) is 14.2 Å². The van der Waals surface area contributed by atoms with Gasteiger partial charge in [0.2, 0.25) is 0 Å². The topological polar surface area (TPSA) is 201 Å². The third-order valence-electron chi connectivity index (χ3n) is 11.7. The number of hydrogen-bond donors (Lipinski definition) is 9. The number of carbonyl (C=O) groups is 1. The molecule has 0 saturated heterocycles. The Balaban J connectivity index is 0.00000130. The second kappa shape index (κ2) is 15.7. The zero-order valence-corrected chi connectivity index (χ0v) is 35.2. The van der Waals surface area contributed by atoms with Crippen molar-refractivity contribution >= 4 is 27.5 Å². The quantitative estimate of drug-likeness (QED) is 0.0800. The van der Waals surface area contributed by atoms with E-state index in [-0.39, 0.29) is 69.8 Å². The number of aryl methyl sites for hydroxylation is 2. The number of aliphatic carboxylic acids is 1. The third-order valence-corrected chi connectivity index (χ3v) is 11.7. The maximum atomic E-state index is 12.5. The largest absolute Gasteiger partial charge is 0.507 e. The summed E-state index contributed by atoms with van der Waals surface area (Å²) in [5.41, 5.74) is 7.27. The van der Waals surface area contributed by atoms with Crippen LogP contribution in [0, 0.1) is 13.8 Å². The molecule has 12 heteroatoms. The van der Waals surface area contributed by atoms with E-state index < -0.39 is 5.97 Å². The van der Waals surface area contributed by atoms with Crippen LogP contribution in [0.15, 0.2) is 48.5 Å².